The highest BCUT2D eigenvalue weighted by molar-refractivity contribution is 7.92. The third-order valence-corrected chi connectivity index (χ3v) is 8.07. The van der Waals surface area contributed by atoms with Gasteiger partial charge in [0, 0.05) is 12.6 Å². The van der Waals surface area contributed by atoms with Crippen LogP contribution < -0.4 is 14.4 Å². The van der Waals surface area contributed by atoms with Gasteiger partial charge in [0.25, 0.3) is 10.0 Å². The van der Waals surface area contributed by atoms with Crippen molar-refractivity contribution in [2.75, 3.05) is 18.0 Å². The van der Waals surface area contributed by atoms with Gasteiger partial charge in [0.2, 0.25) is 11.8 Å². The van der Waals surface area contributed by atoms with E-state index in [2.05, 4.69) is 5.32 Å². The van der Waals surface area contributed by atoms with Crippen LogP contribution in [0.5, 0.6) is 5.75 Å². The number of sulfonamides is 1. The number of amides is 2. The zero-order valence-electron chi connectivity index (χ0n) is 23.4. The van der Waals surface area contributed by atoms with Gasteiger partial charge in [-0.25, -0.2) is 12.8 Å². The van der Waals surface area contributed by atoms with Gasteiger partial charge in [-0.2, -0.15) is 0 Å². The van der Waals surface area contributed by atoms with Crippen molar-refractivity contribution >= 4 is 27.5 Å². The number of halogens is 1. The molecule has 40 heavy (non-hydrogen) atoms. The van der Waals surface area contributed by atoms with Gasteiger partial charge in [0.1, 0.15) is 24.2 Å². The van der Waals surface area contributed by atoms with Crippen molar-refractivity contribution in [2.24, 2.45) is 0 Å². The molecular formula is C30H36FN3O5S. The number of ether oxygens (including phenoxy) is 1. The van der Waals surface area contributed by atoms with Crippen LogP contribution in [0, 0.1) is 12.7 Å². The maximum Gasteiger partial charge on any atom is 0.264 e. The molecule has 0 unspecified atom stereocenters. The first kappa shape index (κ1) is 30.6. The second-order valence-corrected chi connectivity index (χ2v) is 11.6. The Kier molecular flexibility index (Phi) is 10.3. The summed E-state index contributed by atoms with van der Waals surface area (Å²) < 4.78 is 48.0. The van der Waals surface area contributed by atoms with Crippen molar-refractivity contribution in [1.82, 2.24) is 10.2 Å². The lowest BCUT2D eigenvalue weighted by atomic mass is 10.1. The predicted molar refractivity (Wildman–Crippen MR) is 153 cm³/mol. The van der Waals surface area contributed by atoms with Crippen molar-refractivity contribution in [3.8, 4) is 5.75 Å². The first-order chi connectivity index (χ1) is 19.0. The summed E-state index contributed by atoms with van der Waals surface area (Å²) in [7, 11) is -2.80. The van der Waals surface area contributed by atoms with E-state index < -0.39 is 34.3 Å². The summed E-state index contributed by atoms with van der Waals surface area (Å²) in [6.07, 6.45) is 0.282. The Bertz CT molecular complexity index is 1410. The van der Waals surface area contributed by atoms with Crippen molar-refractivity contribution in [3.05, 3.63) is 89.7 Å². The van der Waals surface area contributed by atoms with Gasteiger partial charge in [0.15, 0.2) is 0 Å². The van der Waals surface area contributed by atoms with Gasteiger partial charge in [0.05, 0.1) is 17.7 Å². The van der Waals surface area contributed by atoms with E-state index >= 15 is 0 Å². The molecule has 0 heterocycles. The van der Waals surface area contributed by atoms with Crippen LogP contribution in [-0.2, 0) is 26.2 Å². The van der Waals surface area contributed by atoms with Crippen LogP contribution in [0.4, 0.5) is 10.1 Å². The van der Waals surface area contributed by atoms with Crippen LogP contribution in [0.25, 0.3) is 0 Å². The Morgan fingerprint density at radius 3 is 2.23 bits per heavy atom. The van der Waals surface area contributed by atoms with Crippen LogP contribution in [-0.4, -0.2) is 50.9 Å². The number of carbonyl (C=O) groups is 2. The van der Waals surface area contributed by atoms with E-state index in [0.29, 0.717) is 5.56 Å². The minimum Gasteiger partial charge on any atom is -0.495 e. The highest BCUT2D eigenvalue weighted by atomic mass is 32.2. The van der Waals surface area contributed by atoms with Crippen LogP contribution >= 0.6 is 0 Å². The van der Waals surface area contributed by atoms with E-state index in [4.69, 9.17) is 4.74 Å². The van der Waals surface area contributed by atoms with Crippen LogP contribution in [0.15, 0.2) is 77.7 Å². The summed E-state index contributed by atoms with van der Waals surface area (Å²) in [6.45, 7) is 6.60. The monoisotopic (exact) mass is 569 g/mol. The van der Waals surface area contributed by atoms with E-state index in [1.807, 2.05) is 20.8 Å². The van der Waals surface area contributed by atoms with Crippen molar-refractivity contribution in [1.29, 1.82) is 0 Å². The van der Waals surface area contributed by atoms with Crippen LogP contribution in [0.3, 0.4) is 0 Å². The molecule has 3 aromatic rings. The largest absolute Gasteiger partial charge is 0.495 e. The third-order valence-electron chi connectivity index (χ3n) is 6.30. The number of hydrogen-bond donors (Lipinski definition) is 1. The standard InChI is InChI=1S/C30H36FN3O5S/c1-6-26(30(36)32-21(2)3)33(19-23-13-15-24(31)16-14-23)29(35)20-34(27-18-22(4)12-17-28(27)39-5)40(37,38)25-10-8-7-9-11-25/h7-18,21,26H,6,19-20H2,1-5H3,(H,32,36)/t26-/m0/s1. The van der Waals surface area contributed by atoms with E-state index in [1.165, 1.54) is 48.4 Å². The van der Waals surface area contributed by atoms with Gasteiger partial charge >= 0.3 is 0 Å². The lowest BCUT2D eigenvalue weighted by Gasteiger charge is -2.34. The molecule has 3 rings (SSSR count). The zero-order valence-corrected chi connectivity index (χ0v) is 24.2. The first-order valence-corrected chi connectivity index (χ1v) is 14.5. The fourth-order valence-electron chi connectivity index (χ4n) is 4.31. The molecule has 0 aliphatic rings. The van der Waals surface area contributed by atoms with Gasteiger partial charge in [-0.05, 0) is 74.7 Å². The normalized spacial score (nSPS) is 12.1. The Morgan fingerprint density at radius 2 is 1.65 bits per heavy atom. The SMILES string of the molecule is CC[C@@H](C(=O)NC(C)C)N(Cc1ccc(F)cc1)C(=O)CN(c1cc(C)ccc1OC)S(=O)(=O)c1ccccc1. The van der Waals surface area contributed by atoms with Crippen molar-refractivity contribution < 1.29 is 27.1 Å². The van der Waals surface area contributed by atoms with Crippen molar-refractivity contribution in [3.63, 3.8) is 0 Å². The molecule has 8 nitrogen and oxygen atoms in total. The number of aryl methyl sites for hydroxylation is 1. The molecule has 1 atom stereocenters. The van der Waals surface area contributed by atoms with E-state index in [0.717, 1.165) is 9.87 Å². The number of methoxy groups -OCH3 is 1. The molecule has 0 radical (unpaired) electrons. The second kappa shape index (κ2) is 13.4. The highest BCUT2D eigenvalue weighted by Crippen LogP contribution is 2.33. The predicted octanol–water partition coefficient (Wildman–Crippen LogP) is 4.67. The number of carbonyl (C=O) groups excluding carboxylic acids is 2. The fraction of sp³-hybridized carbons (Fsp3) is 0.333. The van der Waals surface area contributed by atoms with E-state index in [1.54, 1.807) is 43.3 Å². The molecule has 0 aliphatic carbocycles. The number of nitrogens with one attached hydrogen (secondary N) is 1. The smallest absolute Gasteiger partial charge is 0.264 e. The fourth-order valence-corrected chi connectivity index (χ4v) is 5.75. The molecule has 3 aromatic carbocycles. The topological polar surface area (TPSA) is 96.0 Å². The number of hydrogen-bond acceptors (Lipinski definition) is 5. The summed E-state index contributed by atoms with van der Waals surface area (Å²) >= 11 is 0. The molecule has 2 amide bonds. The quantitative estimate of drug-likeness (QED) is 0.342. The van der Waals surface area contributed by atoms with Crippen LogP contribution in [0.1, 0.15) is 38.3 Å². The third kappa shape index (κ3) is 7.38. The molecule has 0 fully saturated rings. The molecule has 0 saturated carbocycles. The van der Waals surface area contributed by atoms with Gasteiger partial charge in [-0.3, -0.25) is 13.9 Å². The molecule has 0 saturated heterocycles. The number of benzene rings is 3. The summed E-state index contributed by atoms with van der Waals surface area (Å²) in [4.78, 5) is 28.6. The Labute approximate surface area is 235 Å². The highest BCUT2D eigenvalue weighted by Gasteiger charge is 2.35. The van der Waals surface area contributed by atoms with Gasteiger partial charge in [-0.1, -0.05) is 43.3 Å². The lowest BCUT2D eigenvalue weighted by molar-refractivity contribution is -0.140. The minimum atomic E-state index is -4.23. The second-order valence-electron chi connectivity index (χ2n) is 9.74. The molecule has 10 heteroatoms. The maximum absolute atomic E-state index is 14.1. The summed E-state index contributed by atoms with van der Waals surface area (Å²) in [5, 5.41) is 2.85. The molecule has 1 N–H and O–H groups in total. The maximum atomic E-state index is 14.1. The summed E-state index contributed by atoms with van der Waals surface area (Å²) in [5.74, 6) is -1.12. The molecule has 0 aromatic heterocycles. The van der Waals surface area contributed by atoms with E-state index in [-0.39, 0.29) is 41.2 Å². The lowest BCUT2D eigenvalue weighted by Crippen LogP contribution is -2.53. The molecule has 0 bridgehead atoms. The van der Waals surface area contributed by atoms with Gasteiger partial charge < -0.3 is 15.0 Å². The first-order valence-electron chi connectivity index (χ1n) is 13.0. The van der Waals surface area contributed by atoms with Gasteiger partial charge in [-0.15, -0.1) is 0 Å². The Balaban J connectivity index is 2.12. The average Bonchev–Trinajstić information content (AvgIpc) is 2.92. The molecule has 0 spiro atoms. The van der Waals surface area contributed by atoms with E-state index in [9.17, 15) is 22.4 Å². The number of rotatable bonds is 12. The number of nitrogens with zero attached hydrogens (tertiary/aromatic N) is 2. The van der Waals surface area contributed by atoms with Crippen molar-refractivity contribution in [2.45, 2.75) is 57.6 Å². The molecule has 214 valence electrons. The number of anilines is 1. The minimum absolute atomic E-state index is 0.000959. The summed E-state index contributed by atoms with van der Waals surface area (Å²) in [6, 6.07) is 17.4. The van der Waals surface area contributed by atoms with Crippen LogP contribution in [0.2, 0.25) is 0 Å². The average molecular weight is 570 g/mol. The Morgan fingerprint density at radius 1 is 1.00 bits per heavy atom. The molecular weight excluding hydrogens is 533 g/mol. The molecule has 0 aliphatic heterocycles. The zero-order chi connectivity index (χ0) is 29.4. The summed E-state index contributed by atoms with van der Waals surface area (Å²) in [5.41, 5.74) is 1.56. The Hall–Kier alpha value is -3.92.